The summed E-state index contributed by atoms with van der Waals surface area (Å²) < 4.78 is 26.6. The third-order valence-electron chi connectivity index (χ3n) is 3.76. The molecule has 13 nitrogen and oxygen atoms in total. The highest BCUT2D eigenvalue weighted by atomic mass is 16.6. The maximum atomic E-state index is 11.7. The van der Waals surface area contributed by atoms with Gasteiger partial charge in [-0.15, -0.1) is 5.10 Å². The minimum atomic E-state index is -1.37. The van der Waals surface area contributed by atoms with Crippen molar-refractivity contribution in [2.75, 3.05) is 46.8 Å². The van der Waals surface area contributed by atoms with Gasteiger partial charge in [-0.1, -0.05) is 0 Å². The zero-order chi connectivity index (χ0) is 20.5. The van der Waals surface area contributed by atoms with Gasteiger partial charge in [-0.25, -0.2) is 14.5 Å². The molecule has 1 aliphatic heterocycles. The summed E-state index contributed by atoms with van der Waals surface area (Å²) in [5.41, 5.74) is 5.06. The van der Waals surface area contributed by atoms with E-state index in [0.29, 0.717) is 19.8 Å². The van der Waals surface area contributed by atoms with E-state index in [1.54, 1.807) is 7.11 Å². The first-order valence-corrected chi connectivity index (χ1v) is 8.46. The van der Waals surface area contributed by atoms with Crippen LogP contribution in [-0.4, -0.2) is 102 Å². The van der Waals surface area contributed by atoms with E-state index in [9.17, 15) is 19.8 Å². The fourth-order valence-electron chi connectivity index (χ4n) is 2.33. The molecule has 158 valence electrons. The number of rotatable bonds is 12. The Balaban J connectivity index is 1.70. The van der Waals surface area contributed by atoms with Crippen molar-refractivity contribution in [1.29, 1.82) is 0 Å². The molecule has 4 N–H and O–H groups in total. The lowest BCUT2D eigenvalue weighted by Gasteiger charge is -2.14. The van der Waals surface area contributed by atoms with Crippen LogP contribution in [0.5, 0.6) is 0 Å². The van der Waals surface area contributed by atoms with E-state index in [-0.39, 0.29) is 25.6 Å². The molecule has 2 heterocycles. The predicted molar refractivity (Wildman–Crippen MR) is 88.9 cm³/mol. The van der Waals surface area contributed by atoms with Gasteiger partial charge in [0, 0.05) is 7.11 Å². The number of nitrogens with two attached hydrogens (primary N) is 1. The van der Waals surface area contributed by atoms with E-state index < -0.39 is 36.4 Å². The van der Waals surface area contributed by atoms with Crippen LogP contribution in [0.2, 0.25) is 0 Å². The highest BCUT2D eigenvalue weighted by molar-refractivity contribution is 5.88. The average molecular weight is 404 g/mol. The first-order valence-electron chi connectivity index (χ1n) is 8.46. The molecule has 4 atom stereocenters. The second-order valence-corrected chi connectivity index (χ2v) is 5.80. The zero-order valence-electron chi connectivity index (χ0n) is 15.3. The van der Waals surface area contributed by atoms with Gasteiger partial charge in [0.05, 0.1) is 26.4 Å². The van der Waals surface area contributed by atoms with Crippen LogP contribution in [0.3, 0.4) is 0 Å². The standard InChI is InChI=1S/C15H24N4O9/c1-24-2-3-25-4-5-26-7-10(20)27-6-9-11(21)12(22)15(28-9)19-8-17-14(18-19)13(16)23/h8-9,11-12,15,21-22H,2-7H2,1H3,(H2,16,23)/t9?,11?,12-,15?/m1/s1. The molecule has 0 aliphatic carbocycles. The smallest absolute Gasteiger partial charge is 0.332 e. The fourth-order valence-corrected chi connectivity index (χ4v) is 2.33. The molecule has 3 unspecified atom stereocenters. The quantitative estimate of drug-likeness (QED) is 0.242. The van der Waals surface area contributed by atoms with E-state index in [1.165, 1.54) is 0 Å². The maximum absolute atomic E-state index is 11.7. The molecule has 13 heteroatoms. The molecule has 28 heavy (non-hydrogen) atoms. The summed E-state index contributed by atoms with van der Waals surface area (Å²) in [7, 11) is 1.56. The largest absolute Gasteiger partial charge is 0.461 e. The Kier molecular flexibility index (Phi) is 8.69. The van der Waals surface area contributed by atoms with Crippen LogP contribution in [0, 0.1) is 0 Å². The van der Waals surface area contributed by atoms with Crippen LogP contribution in [0.25, 0.3) is 0 Å². The molecule has 1 fully saturated rings. The number of methoxy groups -OCH3 is 1. The topological polar surface area (TPSA) is 177 Å². The Morgan fingerprint density at radius 1 is 1.21 bits per heavy atom. The summed E-state index contributed by atoms with van der Waals surface area (Å²) in [6.07, 6.45) is -3.68. The van der Waals surface area contributed by atoms with Crippen molar-refractivity contribution in [3.05, 3.63) is 12.2 Å². The summed E-state index contributed by atoms with van der Waals surface area (Å²) in [6, 6.07) is 0. The third kappa shape index (κ3) is 6.19. The molecular formula is C15H24N4O9. The molecule has 1 amide bonds. The van der Waals surface area contributed by atoms with Crippen LogP contribution in [0.1, 0.15) is 16.8 Å². The van der Waals surface area contributed by atoms with Gasteiger partial charge in [0.1, 0.15) is 37.9 Å². The predicted octanol–water partition coefficient (Wildman–Crippen LogP) is -2.78. The molecule has 1 saturated heterocycles. The van der Waals surface area contributed by atoms with Crippen LogP contribution in [0.4, 0.5) is 0 Å². The first-order chi connectivity index (χ1) is 13.4. The summed E-state index contributed by atoms with van der Waals surface area (Å²) >= 11 is 0. The van der Waals surface area contributed by atoms with Crippen LogP contribution in [-0.2, 0) is 28.5 Å². The van der Waals surface area contributed by atoms with Crippen molar-refractivity contribution in [2.24, 2.45) is 5.73 Å². The summed E-state index contributed by atoms with van der Waals surface area (Å²) in [6.45, 7) is 0.803. The van der Waals surface area contributed by atoms with Crippen molar-refractivity contribution in [3.8, 4) is 0 Å². The van der Waals surface area contributed by atoms with Gasteiger partial charge in [0.15, 0.2) is 6.23 Å². The molecule has 1 aromatic rings. The number of amides is 1. The Bertz CT molecular complexity index is 641. The molecule has 0 spiro atoms. The van der Waals surface area contributed by atoms with E-state index in [0.717, 1.165) is 11.0 Å². The first kappa shape index (κ1) is 22.1. The summed E-state index contributed by atoms with van der Waals surface area (Å²) in [5.74, 6) is -1.77. The van der Waals surface area contributed by atoms with Gasteiger partial charge < -0.3 is 39.6 Å². The molecule has 2 rings (SSSR count). The number of hydrogen-bond acceptors (Lipinski definition) is 11. The number of carbonyl (C=O) groups is 2. The lowest BCUT2D eigenvalue weighted by Crippen LogP contribution is -2.34. The summed E-state index contributed by atoms with van der Waals surface area (Å²) in [4.78, 5) is 26.4. The minimum Gasteiger partial charge on any atom is -0.461 e. The van der Waals surface area contributed by atoms with E-state index >= 15 is 0 Å². The normalized spacial score (nSPS) is 24.4. The number of aliphatic hydroxyl groups excluding tert-OH is 2. The molecule has 1 aromatic heterocycles. The Labute approximate surface area is 160 Å². The van der Waals surface area contributed by atoms with Crippen molar-refractivity contribution in [3.63, 3.8) is 0 Å². The average Bonchev–Trinajstić information content (AvgIpc) is 3.26. The van der Waals surface area contributed by atoms with Gasteiger partial charge in [0.2, 0.25) is 5.82 Å². The number of primary amides is 1. The SMILES string of the molecule is COCCOCCOCC(=O)OCC1OC(n2cnc(C(N)=O)n2)[C@H](O)C1O. The molecular weight excluding hydrogens is 380 g/mol. The van der Waals surface area contributed by atoms with Crippen LogP contribution < -0.4 is 5.73 Å². The Morgan fingerprint density at radius 3 is 2.61 bits per heavy atom. The Hall–Kier alpha value is -2.16. The maximum Gasteiger partial charge on any atom is 0.332 e. The number of ether oxygens (including phenoxy) is 5. The molecule has 0 bridgehead atoms. The molecule has 0 saturated carbocycles. The van der Waals surface area contributed by atoms with Crippen molar-refractivity contribution in [2.45, 2.75) is 24.5 Å². The number of aromatic nitrogens is 3. The van der Waals surface area contributed by atoms with Crippen LogP contribution in [0.15, 0.2) is 6.33 Å². The summed E-state index contributed by atoms with van der Waals surface area (Å²) in [5, 5.41) is 23.9. The number of carbonyl (C=O) groups excluding carboxylic acids is 2. The van der Waals surface area contributed by atoms with Gasteiger partial charge in [-0.3, -0.25) is 4.79 Å². The van der Waals surface area contributed by atoms with Crippen molar-refractivity contribution >= 4 is 11.9 Å². The zero-order valence-corrected chi connectivity index (χ0v) is 15.3. The second kappa shape index (κ2) is 11.0. The number of nitrogens with zero attached hydrogens (tertiary/aromatic N) is 3. The highest BCUT2D eigenvalue weighted by Crippen LogP contribution is 2.28. The van der Waals surface area contributed by atoms with E-state index in [4.69, 9.17) is 29.4 Å². The van der Waals surface area contributed by atoms with E-state index in [2.05, 4.69) is 10.1 Å². The second-order valence-electron chi connectivity index (χ2n) is 5.80. The number of esters is 1. The lowest BCUT2D eigenvalue weighted by molar-refractivity contribution is -0.155. The van der Waals surface area contributed by atoms with Gasteiger partial charge in [-0.05, 0) is 0 Å². The Morgan fingerprint density at radius 2 is 1.93 bits per heavy atom. The van der Waals surface area contributed by atoms with Gasteiger partial charge >= 0.3 is 5.97 Å². The number of aliphatic hydroxyl groups is 2. The molecule has 0 aromatic carbocycles. The molecule has 1 aliphatic rings. The van der Waals surface area contributed by atoms with Crippen molar-refractivity contribution < 1.29 is 43.5 Å². The third-order valence-corrected chi connectivity index (χ3v) is 3.76. The van der Waals surface area contributed by atoms with Gasteiger partial charge in [0.25, 0.3) is 5.91 Å². The van der Waals surface area contributed by atoms with Crippen molar-refractivity contribution in [1.82, 2.24) is 14.8 Å². The lowest BCUT2D eigenvalue weighted by atomic mass is 10.1. The molecule has 0 radical (unpaired) electrons. The number of hydrogen-bond donors (Lipinski definition) is 3. The van der Waals surface area contributed by atoms with Crippen LogP contribution >= 0.6 is 0 Å². The van der Waals surface area contributed by atoms with Gasteiger partial charge in [-0.2, -0.15) is 0 Å². The van der Waals surface area contributed by atoms with E-state index in [1.807, 2.05) is 0 Å². The highest BCUT2D eigenvalue weighted by Gasteiger charge is 2.45. The minimum absolute atomic E-state index is 0.205. The fraction of sp³-hybridized carbons (Fsp3) is 0.733. The monoisotopic (exact) mass is 404 g/mol.